The van der Waals surface area contributed by atoms with E-state index >= 15 is 0 Å². The van der Waals surface area contributed by atoms with Gasteiger partial charge in [-0.3, -0.25) is 9.80 Å². The number of aryl methyl sites for hydroxylation is 1. The van der Waals surface area contributed by atoms with Crippen LogP contribution in [0.15, 0.2) is 94.2 Å². The van der Waals surface area contributed by atoms with E-state index in [2.05, 4.69) is 15.3 Å². The maximum atomic E-state index is 12.4. The molecule has 0 amide bonds. The summed E-state index contributed by atoms with van der Waals surface area (Å²) in [5.41, 5.74) is 5.81. The Morgan fingerprint density at radius 2 is 1.52 bits per heavy atom. The predicted molar refractivity (Wildman–Crippen MR) is 117 cm³/mol. The molecule has 3 aromatic rings. The maximum Gasteiger partial charge on any atom is 0.206 e. The summed E-state index contributed by atoms with van der Waals surface area (Å²) in [4.78, 5) is 12.4. The van der Waals surface area contributed by atoms with Crippen LogP contribution in [0.1, 0.15) is 16.7 Å². The molecule has 0 heterocycles. The molecule has 0 spiro atoms. The molecule has 0 bridgehead atoms. The van der Waals surface area contributed by atoms with Gasteiger partial charge in [-0.1, -0.05) is 48.5 Å². The fraction of sp³-hybridized carbons (Fsp3) is 0.0833. The summed E-state index contributed by atoms with van der Waals surface area (Å²) in [7, 11) is 1.82. The van der Waals surface area contributed by atoms with Gasteiger partial charge in [-0.15, -0.1) is 0 Å². The highest BCUT2D eigenvalue weighted by molar-refractivity contribution is 6.52. The fourth-order valence-corrected chi connectivity index (χ4v) is 3.07. The van der Waals surface area contributed by atoms with Crippen LogP contribution >= 0.6 is 0 Å². The molecule has 0 N–H and O–H groups in total. The lowest BCUT2D eigenvalue weighted by Gasteiger charge is -2.17. The number of benzene rings is 3. The second kappa shape index (κ2) is 8.02. The molecule has 1 aliphatic rings. The van der Waals surface area contributed by atoms with E-state index in [-0.39, 0.29) is 5.78 Å². The van der Waals surface area contributed by atoms with E-state index in [9.17, 15) is 4.79 Å². The van der Waals surface area contributed by atoms with Gasteiger partial charge in [0.15, 0.2) is 0 Å². The lowest BCUT2D eigenvalue weighted by atomic mass is 9.95. The zero-order valence-electron chi connectivity index (χ0n) is 16.3. The second-order valence-electron chi connectivity index (χ2n) is 6.76. The minimum atomic E-state index is -0.0980. The van der Waals surface area contributed by atoms with Gasteiger partial charge < -0.3 is 0 Å². The van der Waals surface area contributed by atoms with E-state index in [1.165, 1.54) is 0 Å². The highest BCUT2D eigenvalue weighted by Gasteiger charge is 2.19. The molecule has 0 radical (unpaired) electrons. The molecule has 0 aliphatic heterocycles. The molecule has 3 aromatic carbocycles. The lowest BCUT2D eigenvalue weighted by molar-refractivity contribution is -0.108. The van der Waals surface area contributed by atoms with Crippen LogP contribution in [0.25, 0.3) is 6.08 Å². The third kappa shape index (κ3) is 4.04. The number of azo groups is 1. The van der Waals surface area contributed by atoms with Crippen molar-refractivity contribution in [2.45, 2.75) is 6.92 Å². The molecule has 0 fully saturated rings. The summed E-state index contributed by atoms with van der Waals surface area (Å²) in [6, 6.07) is 23.2. The zero-order valence-corrected chi connectivity index (χ0v) is 16.3. The highest BCUT2D eigenvalue weighted by atomic mass is 16.1. The summed E-state index contributed by atoms with van der Waals surface area (Å²) in [5.74, 6) is -0.0980. The van der Waals surface area contributed by atoms with E-state index in [0.29, 0.717) is 5.71 Å². The molecule has 5 heteroatoms. The molecule has 0 saturated heterocycles. The molecule has 0 atom stereocenters. The number of nitrogens with zero attached hydrogens (tertiary/aromatic N) is 4. The largest absolute Gasteiger partial charge is 0.287 e. The molecule has 142 valence electrons. The van der Waals surface area contributed by atoms with Gasteiger partial charge in [0, 0.05) is 12.6 Å². The van der Waals surface area contributed by atoms with Crippen molar-refractivity contribution in [2.24, 2.45) is 15.3 Å². The molecule has 0 unspecified atom stereocenters. The van der Waals surface area contributed by atoms with Crippen molar-refractivity contribution < 1.29 is 4.79 Å². The average Bonchev–Trinajstić information content (AvgIpc) is 2.75. The van der Waals surface area contributed by atoms with Crippen molar-refractivity contribution >= 4 is 34.6 Å². The first-order valence-electron chi connectivity index (χ1n) is 9.33. The van der Waals surface area contributed by atoms with Gasteiger partial charge in [-0.2, -0.15) is 15.3 Å². The second-order valence-corrected chi connectivity index (χ2v) is 6.76. The molecule has 5 nitrogen and oxygen atoms in total. The molecule has 1 aliphatic carbocycles. The first-order chi connectivity index (χ1) is 14.1. The van der Waals surface area contributed by atoms with Crippen LogP contribution in [-0.2, 0) is 4.79 Å². The van der Waals surface area contributed by atoms with Crippen LogP contribution in [0.4, 0.5) is 17.1 Å². The van der Waals surface area contributed by atoms with E-state index < -0.39 is 0 Å². The number of carbonyl (C=O) groups excluding carboxylic acids is 1. The standard InChI is InChI=1S/C24H20N4O/c1-17-7-3-6-10-22(17)26-25-19-12-14-20(15-13-19)28(2)27-24-21-9-5-4-8-18(21)11-16-23(24)29/h3-16H,1-2H3. The minimum Gasteiger partial charge on any atom is -0.287 e. The normalized spacial score (nSPS) is 14.4. The Balaban J connectivity index is 1.55. The van der Waals surface area contributed by atoms with Crippen LogP contribution in [0.5, 0.6) is 0 Å². The monoisotopic (exact) mass is 380 g/mol. The number of ketones is 1. The van der Waals surface area contributed by atoms with Gasteiger partial charge in [-0.25, -0.2) is 0 Å². The molecule has 4 rings (SSSR count). The SMILES string of the molecule is Cc1ccccc1N=Nc1ccc(N(C)N=C2C(=O)C=Cc3ccccc32)cc1. The Morgan fingerprint density at radius 1 is 0.793 bits per heavy atom. The summed E-state index contributed by atoms with van der Waals surface area (Å²) in [5, 5.41) is 14.9. The van der Waals surface area contributed by atoms with E-state index in [0.717, 1.165) is 33.8 Å². The smallest absolute Gasteiger partial charge is 0.206 e. The van der Waals surface area contributed by atoms with Gasteiger partial charge in [0.1, 0.15) is 5.71 Å². The van der Waals surface area contributed by atoms with Gasteiger partial charge in [0.25, 0.3) is 0 Å². The van der Waals surface area contributed by atoms with Gasteiger partial charge >= 0.3 is 0 Å². The van der Waals surface area contributed by atoms with Crippen molar-refractivity contribution in [3.8, 4) is 0 Å². The average molecular weight is 380 g/mol. The Morgan fingerprint density at radius 3 is 2.31 bits per heavy atom. The third-order valence-electron chi connectivity index (χ3n) is 4.73. The summed E-state index contributed by atoms with van der Waals surface area (Å²) >= 11 is 0. The van der Waals surface area contributed by atoms with Gasteiger partial charge in [0.05, 0.1) is 17.1 Å². The number of rotatable bonds is 4. The van der Waals surface area contributed by atoms with Crippen LogP contribution in [0.2, 0.25) is 0 Å². The number of fused-ring (bicyclic) bond motifs is 1. The Hall–Kier alpha value is -3.86. The van der Waals surface area contributed by atoms with Crippen LogP contribution < -0.4 is 5.01 Å². The molecule has 0 saturated carbocycles. The van der Waals surface area contributed by atoms with Crippen LogP contribution in [-0.4, -0.2) is 18.5 Å². The van der Waals surface area contributed by atoms with Crippen LogP contribution in [0, 0.1) is 6.92 Å². The van der Waals surface area contributed by atoms with Gasteiger partial charge in [0.2, 0.25) is 5.78 Å². The zero-order chi connectivity index (χ0) is 20.2. The van der Waals surface area contributed by atoms with Crippen LogP contribution in [0.3, 0.4) is 0 Å². The summed E-state index contributed by atoms with van der Waals surface area (Å²) in [6.45, 7) is 2.01. The van der Waals surface area contributed by atoms with Crippen molar-refractivity contribution in [3.63, 3.8) is 0 Å². The Kier molecular flexibility index (Phi) is 5.12. The minimum absolute atomic E-state index is 0.0980. The van der Waals surface area contributed by atoms with E-state index in [4.69, 9.17) is 0 Å². The van der Waals surface area contributed by atoms with Gasteiger partial charge in [-0.05, 0) is 54.5 Å². The number of hydrazone groups is 1. The fourth-order valence-electron chi connectivity index (χ4n) is 3.07. The number of carbonyl (C=O) groups is 1. The molecule has 0 aromatic heterocycles. The summed E-state index contributed by atoms with van der Waals surface area (Å²) in [6.07, 6.45) is 3.38. The molecule has 29 heavy (non-hydrogen) atoms. The molecular weight excluding hydrogens is 360 g/mol. The first-order valence-corrected chi connectivity index (χ1v) is 9.33. The predicted octanol–water partition coefficient (Wildman–Crippen LogP) is 5.85. The topological polar surface area (TPSA) is 57.4 Å². The number of hydrogen-bond acceptors (Lipinski definition) is 5. The third-order valence-corrected chi connectivity index (χ3v) is 4.73. The highest BCUT2D eigenvalue weighted by Crippen LogP contribution is 2.24. The van der Waals surface area contributed by atoms with Crippen molar-refractivity contribution in [1.29, 1.82) is 0 Å². The summed E-state index contributed by atoms with van der Waals surface area (Å²) < 4.78 is 0. The van der Waals surface area contributed by atoms with Crippen molar-refractivity contribution in [3.05, 3.63) is 95.6 Å². The number of hydrogen-bond donors (Lipinski definition) is 0. The first kappa shape index (κ1) is 18.5. The van der Waals surface area contributed by atoms with E-state index in [1.807, 2.05) is 92.8 Å². The van der Waals surface area contributed by atoms with Crippen molar-refractivity contribution in [2.75, 3.05) is 12.1 Å². The quantitative estimate of drug-likeness (QED) is 0.421. The molecular formula is C24H20N4O. The Bertz CT molecular complexity index is 1140. The maximum absolute atomic E-state index is 12.4. The Labute approximate surface area is 169 Å². The van der Waals surface area contributed by atoms with Crippen molar-refractivity contribution in [1.82, 2.24) is 0 Å². The van der Waals surface area contributed by atoms with E-state index in [1.54, 1.807) is 11.1 Å². The number of anilines is 1. The lowest BCUT2D eigenvalue weighted by Crippen LogP contribution is -2.22. The number of allylic oxidation sites excluding steroid dienone is 1.